The van der Waals surface area contributed by atoms with Crippen LogP contribution < -0.4 is 11.1 Å². The van der Waals surface area contributed by atoms with Gasteiger partial charge in [-0.3, -0.25) is 4.79 Å². The Bertz CT molecular complexity index is 518. The van der Waals surface area contributed by atoms with E-state index in [4.69, 9.17) is 5.73 Å². The number of hydrogen-bond donors (Lipinski definition) is 2. The summed E-state index contributed by atoms with van der Waals surface area (Å²) in [7, 11) is 0. The van der Waals surface area contributed by atoms with E-state index in [9.17, 15) is 4.79 Å². The number of nitrogens with one attached hydrogen (secondary N) is 1. The molecule has 3 nitrogen and oxygen atoms in total. The van der Waals surface area contributed by atoms with E-state index in [2.05, 4.69) is 29.6 Å². The first-order valence-electron chi connectivity index (χ1n) is 8.22. The normalized spacial score (nSPS) is 21.4. The van der Waals surface area contributed by atoms with Gasteiger partial charge < -0.3 is 11.1 Å². The summed E-state index contributed by atoms with van der Waals surface area (Å²) in [6, 6.07) is 8.87. The number of nitrogens with two attached hydrogens (primary N) is 1. The van der Waals surface area contributed by atoms with Gasteiger partial charge in [-0.25, -0.2) is 0 Å². The molecule has 0 bridgehead atoms. The van der Waals surface area contributed by atoms with Gasteiger partial charge in [0.25, 0.3) is 0 Å². The highest BCUT2D eigenvalue weighted by Gasteiger charge is 2.38. The molecule has 0 aliphatic heterocycles. The molecule has 1 amide bonds. The van der Waals surface area contributed by atoms with Gasteiger partial charge >= 0.3 is 0 Å². The largest absolute Gasteiger partial charge is 0.353 e. The summed E-state index contributed by atoms with van der Waals surface area (Å²) in [6.45, 7) is 2.03. The predicted octanol–water partition coefficient (Wildman–Crippen LogP) is 2.57. The summed E-state index contributed by atoms with van der Waals surface area (Å²) >= 11 is 0. The zero-order valence-corrected chi connectivity index (χ0v) is 12.9. The van der Waals surface area contributed by atoms with Gasteiger partial charge in [-0.05, 0) is 56.1 Å². The van der Waals surface area contributed by atoms with Crippen molar-refractivity contribution in [1.29, 1.82) is 0 Å². The average Bonchev–Trinajstić information content (AvgIpc) is 3.13. The molecule has 0 heterocycles. The maximum Gasteiger partial charge on any atom is 0.223 e. The van der Waals surface area contributed by atoms with Crippen LogP contribution in [0.25, 0.3) is 0 Å². The highest BCUT2D eigenvalue weighted by Crippen LogP contribution is 2.36. The molecule has 0 radical (unpaired) electrons. The van der Waals surface area contributed by atoms with Gasteiger partial charge in [0.05, 0.1) is 0 Å². The Morgan fingerprint density at radius 2 is 2.00 bits per heavy atom. The lowest BCUT2D eigenvalue weighted by molar-refractivity contribution is -0.125. The number of carbonyl (C=O) groups excluding carboxylic acids is 1. The van der Waals surface area contributed by atoms with Crippen LogP contribution in [0.1, 0.15) is 50.2 Å². The van der Waals surface area contributed by atoms with E-state index in [1.165, 1.54) is 17.5 Å². The standard InChI is InChI=1S/C18H26N2O/c1-13(17(21)20-16-7-4-8-16)11-14-5-2-3-6-15(14)12-18(19)9-10-18/h2-3,5-6,13,16H,4,7-12,19H2,1H3,(H,20,21). The maximum absolute atomic E-state index is 12.2. The quantitative estimate of drug-likeness (QED) is 0.844. The third-order valence-corrected chi connectivity index (χ3v) is 4.98. The van der Waals surface area contributed by atoms with E-state index >= 15 is 0 Å². The van der Waals surface area contributed by atoms with Gasteiger partial charge in [-0.1, -0.05) is 31.2 Å². The smallest absolute Gasteiger partial charge is 0.223 e. The molecule has 0 spiro atoms. The van der Waals surface area contributed by atoms with E-state index in [-0.39, 0.29) is 17.4 Å². The average molecular weight is 286 g/mol. The second kappa shape index (κ2) is 5.80. The lowest BCUT2D eigenvalue weighted by Gasteiger charge is -2.28. The predicted molar refractivity (Wildman–Crippen MR) is 84.9 cm³/mol. The van der Waals surface area contributed by atoms with Gasteiger partial charge in [0.15, 0.2) is 0 Å². The molecule has 3 rings (SSSR count). The van der Waals surface area contributed by atoms with Crippen molar-refractivity contribution in [3.63, 3.8) is 0 Å². The summed E-state index contributed by atoms with van der Waals surface area (Å²) in [5.41, 5.74) is 8.87. The van der Waals surface area contributed by atoms with Crippen LogP contribution in [0.3, 0.4) is 0 Å². The lowest BCUT2D eigenvalue weighted by Crippen LogP contribution is -2.42. The van der Waals surface area contributed by atoms with E-state index in [1.807, 2.05) is 6.92 Å². The summed E-state index contributed by atoms with van der Waals surface area (Å²) in [5, 5.41) is 3.15. The van der Waals surface area contributed by atoms with Crippen molar-refractivity contribution in [2.75, 3.05) is 0 Å². The molecule has 1 unspecified atom stereocenters. The molecular formula is C18H26N2O. The van der Waals surface area contributed by atoms with Crippen LogP contribution in [0.5, 0.6) is 0 Å². The van der Waals surface area contributed by atoms with Crippen LogP contribution in [0.2, 0.25) is 0 Å². The molecule has 114 valence electrons. The Morgan fingerprint density at radius 3 is 2.57 bits per heavy atom. The first-order chi connectivity index (χ1) is 10.1. The van der Waals surface area contributed by atoms with E-state index in [1.54, 1.807) is 0 Å². The molecule has 1 aromatic carbocycles. The zero-order chi connectivity index (χ0) is 14.9. The zero-order valence-electron chi connectivity index (χ0n) is 12.9. The molecule has 21 heavy (non-hydrogen) atoms. The highest BCUT2D eigenvalue weighted by atomic mass is 16.1. The molecule has 0 saturated heterocycles. The first kappa shape index (κ1) is 14.6. The van der Waals surface area contributed by atoms with Crippen LogP contribution in [-0.2, 0) is 17.6 Å². The molecule has 0 aromatic heterocycles. The third-order valence-electron chi connectivity index (χ3n) is 4.98. The Labute approximate surface area is 127 Å². The molecule has 2 aliphatic carbocycles. The van der Waals surface area contributed by atoms with Gasteiger partial charge in [0, 0.05) is 17.5 Å². The number of rotatable bonds is 6. The van der Waals surface area contributed by atoms with E-state index in [0.29, 0.717) is 6.04 Å². The third kappa shape index (κ3) is 3.65. The topological polar surface area (TPSA) is 55.1 Å². The van der Waals surface area contributed by atoms with Gasteiger partial charge in [-0.2, -0.15) is 0 Å². The first-order valence-corrected chi connectivity index (χ1v) is 8.22. The maximum atomic E-state index is 12.2. The van der Waals surface area contributed by atoms with Crippen molar-refractivity contribution >= 4 is 5.91 Å². The van der Waals surface area contributed by atoms with Gasteiger partial charge in [-0.15, -0.1) is 0 Å². The molecule has 3 heteroatoms. The van der Waals surface area contributed by atoms with Gasteiger partial charge in [0.2, 0.25) is 5.91 Å². The van der Waals surface area contributed by atoms with Crippen molar-refractivity contribution in [2.45, 2.75) is 63.5 Å². The monoisotopic (exact) mass is 286 g/mol. The number of hydrogen-bond acceptors (Lipinski definition) is 2. The summed E-state index contributed by atoms with van der Waals surface area (Å²) in [4.78, 5) is 12.2. The summed E-state index contributed by atoms with van der Waals surface area (Å²) < 4.78 is 0. The molecule has 2 saturated carbocycles. The van der Waals surface area contributed by atoms with Crippen LogP contribution in [0.4, 0.5) is 0 Å². The molecule has 1 aromatic rings. The minimum Gasteiger partial charge on any atom is -0.353 e. The van der Waals surface area contributed by atoms with Crippen molar-refractivity contribution in [3.05, 3.63) is 35.4 Å². The molecule has 1 atom stereocenters. The Morgan fingerprint density at radius 1 is 1.33 bits per heavy atom. The molecular weight excluding hydrogens is 260 g/mol. The van der Waals surface area contributed by atoms with Crippen molar-refractivity contribution in [3.8, 4) is 0 Å². The second-order valence-electron chi connectivity index (χ2n) is 7.05. The number of carbonyl (C=O) groups is 1. The fourth-order valence-corrected chi connectivity index (χ4v) is 2.96. The number of benzene rings is 1. The summed E-state index contributed by atoms with van der Waals surface area (Å²) in [6.07, 6.45) is 7.54. The minimum absolute atomic E-state index is 0.0214. The second-order valence-corrected chi connectivity index (χ2v) is 7.05. The van der Waals surface area contributed by atoms with E-state index < -0.39 is 0 Å². The molecule has 2 fully saturated rings. The van der Waals surface area contributed by atoms with Crippen LogP contribution in [-0.4, -0.2) is 17.5 Å². The van der Waals surface area contributed by atoms with Crippen LogP contribution in [0, 0.1) is 5.92 Å². The highest BCUT2D eigenvalue weighted by molar-refractivity contribution is 5.79. The molecule has 3 N–H and O–H groups in total. The van der Waals surface area contributed by atoms with E-state index in [0.717, 1.165) is 38.5 Å². The Balaban J connectivity index is 1.61. The van der Waals surface area contributed by atoms with Crippen molar-refractivity contribution < 1.29 is 4.79 Å². The fraction of sp³-hybridized carbons (Fsp3) is 0.611. The van der Waals surface area contributed by atoms with Crippen molar-refractivity contribution in [1.82, 2.24) is 5.32 Å². The molecule has 2 aliphatic rings. The van der Waals surface area contributed by atoms with Crippen LogP contribution >= 0.6 is 0 Å². The fourth-order valence-electron chi connectivity index (χ4n) is 2.96. The Hall–Kier alpha value is -1.35. The SMILES string of the molecule is CC(Cc1ccccc1CC1(N)CC1)C(=O)NC1CCC1. The summed E-state index contributed by atoms with van der Waals surface area (Å²) in [5.74, 6) is 0.225. The van der Waals surface area contributed by atoms with Gasteiger partial charge in [0.1, 0.15) is 0 Å². The Kier molecular flexibility index (Phi) is 4.03. The lowest BCUT2D eigenvalue weighted by atomic mass is 9.90. The minimum atomic E-state index is 0.0214. The van der Waals surface area contributed by atoms with Crippen LogP contribution in [0.15, 0.2) is 24.3 Å². The van der Waals surface area contributed by atoms with Crippen molar-refractivity contribution in [2.24, 2.45) is 11.7 Å². The number of amides is 1.